The van der Waals surface area contributed by atoms with Gasteiger partial charge < -0.3 is 20.4 Å². The predicted octanol–water partition coefficient (Wildman–Crippen LogP) is 2.58. The monoisotopic (exact) mass is 292 g/mol. The van der Waals surface area contributed by atoms with Gasteiger partial charge in [-0.2, -0.15) is 0 Å². The number of hydrogen-bond donors (Lipinski definition) is 3. The van der Waals surface area contributed by atoms with E-state index in [0.29, 0.717) is 11.8 Å². The molecule has 0 spiro atoms. The lowest BCUT2D eigenvalue weighted by molar-refractivity contribution is 0.110. The Kier molecular flexibility index (Phi) is 5.12. The SMILES string of the molecule is CCN(CC)c1c(O)ccc2c1CCC(NC(C)C)C2O. The minimum Gasteiger partial charge on any atom is -0.506 e. The molecule has 1 aromatic carbocycles. The van der Waals surface area contributed by atoms with Crippen molar-refractivity contribution in [3.63, 3.8) is 0 Å². The first-order chi connectivity index (χ1) is 9.99. The quantitative estimate of drug-likeness (QED) is 0.781. The van der Waals surface area contributed by atoms with Crippen LogP contribution in [0.3, 0.4) is 0 Å². The molecule has 3 N–H and O–H groups in total. The van der Waals surface area contributed by atoms with Gasteiger partial charge >= 0.3 is 0 Å². The number of nitrogens with zero attached hydrogens (tertiary/aromatic N) is 1. The van der Waals surface area contributed by atoms with Crippen LogP contribution in [0.4, 0.5) is 5.69 Å². The number of rotatable bonds is 5. The van der Waals surface area contributed by atoms with Crippen molar-refractivity contribution < 1.29 is 10.2 Å². The number of benzene rings is 1. The topological polar surface area (TPSA) is 55.7 Å². The number of aromatic hydroxyl groups is 1. The van der Waals surface area contributed by atoms with Crippen LogP contribution < -0.4 is 10.2 Å². The molecule has 0 bridgehead atoms. The number of phenolic OH excluding ortho intramolecular Hbond substituents is 1. The molecule has 2 rings (SSSR count). The van der Waals surface area contributed by atoms with Gasteiger partial charge in [0.1, 0.15) is 5.75 Å². The average molecular weight is 292 g/mol. The second kappa shape index (κ2) is 6.67. The Balaban J connectivity index is 2.39. The summed E-state index contributed by atoms with van der Waals surface area (Å²) in [5, 5.41) is 24.3. The molecule has 0 amide bonds. The van der Waals surface area contributed by atoms with E-state index in [1.54, 1.807) is 6.07 Å². The number of nitrogens with one attached hydrogen (secondary N) is 1. The molecular weight excluding hydrogens is 264 g/mol. The third-order valence-electron chi connectivity index (χ3n) is 4.33. The van der Waals surface area contributed by atoms with Gasteiger partial charge in [0.25, 0.3) is 0 Å². The van der Waals surface area contributed by atoms with Crippen molar-refractivity contribution in [2.75, 3.05) is 18.0 Å². The number of anilines is 1. The first-order valence-corrected chi connectivity index (χ1v) is 8.03. The summed E-state index contributed by atoms with van der Waals surface area (Å²) >= 11 is 0. The molecule has 4 nitrogen and oxygen atoms in total. The first-order valence-electron chi connectivity index (χ1n) is 8.03. The molecule has 1 aliphatic carbocycles. The lowest BCUT2D eigenvalue weighted by Gasteiger charge is -2.35. The van der Waals surface area contributed by atoms with Crippen molar-refractivity contribution in [3.05, 3.63) is 23.3 Å². The van der Waals surface area contributed by atoms with Gasteiger partial charge in [0.2, 0.25) is 0 Å². The molecule has 4 heteroatoms. The normalized spacial score (nSPS) is 21.4. The lowest BCUT2D eigenvalue weighted by Crippen LogP contribution is -2.42. The minimum atomic E-state index is -0.508. The summed E-state index contributed by atoms with van der Waals surface area (Å²) in [5.74, 6) is 0.319. The first kappa shape index (κ1) is 16.1. The Morgan fingerprint density at radius 3 is 2.52 bits per heavy atom. The van der Waals surface area contributed by atoms with Gasteiger partial charge in [-0.3, -0.25) is 0 Å². The summed E-state index contributed by atoms with van der Waals surface area (Å²) < 4.78 is 0. The van der Waals surface area contributed by atoms with E-state index in [4.69, 9.17) is 0 Å². The maximum absolute atomic E-state index is 10.6. The van der Waals surface area contributed by atoms with Crippen molar-refractivity contribution in [2.45, 2.75) is 58.7 Å². The maximum Gasteiger partial charge on any atom is 0.139 e. The fraction of sp³-hybridized carbons (Fsp3) is 0.647. The molecule has 1 aliphatic rings. The van der Waals surface area contributed by atoms with E-state index in [0.717, 1.165) is 42.7 Å². The molecule has 0 heterocycles. The van der Waals surface area contributed by atoms with Crippen LogP contribution in [0, 0.1) is 0 Å². The van der Waals surface area contributed by atoms with Crippen LogP contribution >= 0.6 is 0 Å². The van der Waals surface area contributed by atoms with Crippen LogP contribution in [0.5, 0.6) is 5.75 Å². The molecule has 0 saturated heterocycles. The molecule has 0 aromatic heterocycles. The van der Waals surface area contributed by atoms with Crippen LogP contribution in [-0.2, 0) is 6.42 Å². The van der Waals surface area contributed by atoms with Crippen molar-refractivity contribution in [3.8, 4) is 5.75 Å². The molecule has 0 aliphatic heterocycles. The highest BCUT2D eigenvalue weighted by atomic mass is 16.3. The third-order valence-corrected chi connectivity index (χ3v) is 4.33. The molecule has 0 saturated carbocycles. The van der Waals surface area contributed by atoms with E-state index < -0.39 is 6.10 Å². The second-order valence-electron chi connectivity index (χ2n) is 6.08. The zero-order valence-corrected chi connectivity index (χ0v) is 13.6. The number of hydrogen-bond acceptors (Lipinski definition) is 4. The zero-order chi connectivity index (χ0) is 15.6. The van der Waals surface area contributed by atoms with Gasteiger partial charge in [-0.1, -0.05) is 19.9 Å². The van der Waals surface area contributed by atoms with E-state index in [2.05, 4.69) is 37.9 Å². The minimum absolute atomic E-state index is 0.0894. The molecule has 21 heavy (non-hydrogen) atoms. The standard InChI is InChI=1S/C17H28N2O2/c1-5-19(6-2)16-12-7-9-14(18-11(3)4)17(21)13(12)8-10-15(16)20/h8,10-11,14,17-18,20-21H,5-7,9H2,1-4H3. The molecule has 1 aromatic rings. The second-order valence-corrected chi connectivity index (χ2v) is 6.08. The Morgan fingerprint density at radius 2 is 1.95 bits per heavy atom. The van der Waals surface area contributed by atoms with E-state index in [-0.39, 0.29) is 6.04 Å². The van der Waals surface area contributed by atoms with Crippen molar-refractivity contribution in [2.24, 2.45) is 0 Å². The Labute approximate surface area is 127 Å². The highest BCUT2D eigenvalue weighted by Gasteiger charge is 2.31. The fourth-order valence-corrected chi connectivity index (χ4v) is 3.35. The van der Waals surface area contributed by atoms with Gasteiger partial charge in [0.05, 0.1) is 11.8 Å². The molecule has 2 atom stereocenters. The smallest absolute Gasteiger partial charge is 0.139 e. The van der Waals surface area contributed by atoms with Crippen LogP contribution in [0.15, 0.2) is 12.1 Å². The molecule has 2 unspecified atom stereocenters. The summed E-state index contributed by atoms with van der Waals surface area (Å²) in [7, 11) is 0. The van der Waals surface area contributed by atoms with Crippen LogP contribution in [0.25, 0.3) is 0 Å². The summed E-state index contributed by atoms with van der Waals surface area (Å²) in [4.78, 5) is 2.16. The Morgan fingerprint density at radius 1 is 1.29 bits per heavy atom. The molecule has 0 radical (unpaired) electrons. The Hall–Kier alpha value is -1.26. The van der Waals surface area contributed by atoms with Gasteiger partial charge in [-0.25, -0.2) is 0 Å². The number of phenols is 1. The van der Waals surface area contributed by atoms with E-state index in [1.165, 1.54) is 0 Å². The average Bonchev–Trinajstić information content (AvgIpc) is 2.45. The summed E-state index contributed by atoms with van der Waals surface area (Å²) in [6.07, 6.45) is 1.27. The van der Waals surface area contributed by atoms with E-state index >= 15 is 0 Å². The van der Waals surface area contributed by atoms with Crippen molar-refractivity contribution >= 4 is 5.69 Å². The third kappa shape index (κ3) is 3.16. The number of aliphatic hydroxyl groups is 1. The lowest BCUT2D eigenvalue weighted by atomic mass is 9.84. The van der Waals surface area contributed by atoms with Crippen molar-refractivity contribution in [1.82, 2.24) is 5.32 Å². The largest absolute Gasteiger partial charge is 0.506 e. The zero-order valence-electron chi connectivity index (χ0n) is 13.6. The van der Waals surface area contributed by atoms with Crippen LogP contribution in [-0.4, -0.2) is 35.4 Å². The van der Waals surface area contributed by atoms with Gasteiger partial charge in [-0.15, -0.1) is 0 Å². The highest BCUT2D eigenvalue weighted by Crippen LogP contribution is 2.41. The summed E-state index contributed by atoms with van der Waals surface area (Å²) in [5.41, 5.74) is 2.96. The maximum atomic E-state index is 10.6. The molecule has 118 valence electrons. The predicted molar refractivity (Wildman–Crippen MR) is 87.0 cm³/mol. The number of fused-ring (bicyclic) bond motifs is 1. The van der Waals surface area contributed by atoms with Gasteiger partial charge in [-0.05, 0) is 43.9 Å². The van der Waals surface area contributed by atoms with Crippen LogP contribution in [0.1, 0.15) is 51.3 Å². The Bertz CT molecular complexity index is 484. The fourth-order valence-electron chi connectivity index (χ4n) is 3.35. The van der Waals surface area contributed by atoms with Gasteiger partial charge in [0, 0.05) is 25.2 Å². The highest BCUT2D eigenvalue weighted by molar-refractivity contribution is 5.66. The number of aliphatic hydroxyl groups excluding tert-OH is 1. The molecule has 0 fully saturated rings. The molecular formula is C17H28N2O2. The van der Waals surface area contributed by atoms with E-state index in [9.17, 15) is 10.2 Å². The van der Waals surface area contributed by atoms with Crippen LogP contribution in [0.2, 0.25) is 0 Å². The summed E-state index contributed by atoms with van der Waals surface area (Å²) in [6, 6.07) is 4.03. The van der Waals surface area contributed by atoms with Gasteiger partial charge in [0.15, 0.2) is 0 Å². The van der Waals surface area contributed by atoms with Crippen molar-refractivity contribution in [1.29, 1.82) is 0 Å². The summed E-state index contributed by atoms with van der Waals surface area (Å²) in [6.45, 7) is 10.1. The van der Waals surface area contributed by atoms with E-state index in [1.807, 2.05) is 6.07 Å².